The second-order valence-corrected chi connectivity index (χ2v) is 4.89. The number of carbonyl (C=O) groups excluding carboxylic acids is 1. The van der Waals surface area contributed by atoms with Crippen molar-refractivity contribution in [2.24, 2.45) is 0 Å². The molecule has 5 nitrogen and oxygen atoms in total. The van der Waals surface area contributed by atoms with E-state index in [0.29, 0.717) is 23.3 Å². The van der Waals surface area contributed by atoms with Crippen molar-refractivity contribution in [2.75, 3.05) is 20.8 Å². The molecule has 0 aromatic heterocycles. The summed E-state index contributed by atoms with van der Waals surface area (Å²) in [7, 11) is 3.15. The van der Waals surface area contributed by atoms with Crippen LogP contribution >= 0.6 is 0 Å². The Hall–Kier alpha value is -1.91. The number of methoxy groups -OCH3 is 2. The fourth-order valence-corrected chi connectivity index (χ4v) is 2.35. The lowest BCUT2D eigenvalue weighted by Crippen LogP contribution is -2.36. The molecule has 110 valence electrons. The summed E-state index contributed by atoms with van der Waals surface area (Å²) >= 11 is 0. The Kier molecular flexibility index (Phi) is 5.09. The molecule has 1 aromatic carbocycles. The normalized spacial score (nSPS) is 14.9. The molecular formula is C15H21NO4. The number of carbonyl (C=O) groups is 1. The average molecular weight is 279 g/mol. The quantitative estimate of drug-likeness (QED) is 0.867. The second-order valence-electron chi connectivity index (χ2n) is 4.89. The highest BCUT2D eigenvalue weighted by Gasteiger charge is 2.17. The highest BCUT2D eigenvalue weighted by molar-refractivity contribution is 5.77. The van der Waals surface area contributed by atoms with Crippen LogP contribution in [0.1, 0.15) is 25.7 Å². The van der Waals surface area contributed by atoms with E-state index in [1.807, 2.05) is 0 Å². The molecule has 0 heterocycles. The molecule has 5 heteroatoms. The SMILES string of the molecule is COc1cc(OC)cc(OCC(=O)NC2CCCC2)c1. The third-order valence-electron chi connectivity index (χ3n) is 3.42. The van der Waals surface area contributed by atoms with E-state index in [1.54, 1.807) is 32.4 Å². The van der Waals surface area contributed by atoms with Gasteiger partial charge >= 0.3 is 0 Å². The summed E-state index contributed by atoms with van der Waals surface area (Å²) in [6.07, 6.45) is 4.52. The molecule has 20 heavy (non-hydrogen) atoms. The predicted molar refractivity (Wildman–Crippen MR) is 75.4 cm³/mol. The van der Waals surface area contributed by atoms with Crippen LogP contribution in [0, 0.1) is 0 Å². The number of benzene rings is 1. The van der Waals surface area contributed by atoms with Gasteiger partial charge in [0.2, 0.25) is 0 Å². The van der Waals surface area contributed by atoms with Gasteiger partial charge in [0.25, 0.3) is 5.91 Å². The molecule has 0 aliphatic heterocycles. The Morgan fingerprint density at radius 1 is 1.10 bits per heavy atom. The molecule has 0 saturated heterocycles. The summed E-state index contributed by atoms with van der Waals surface area (Å²) in [6, 6.07) is 5.52. The van der Waals surface area contributed by atoms with Crippen LogP contribution in [0.4, 0.5) is 0 Å². The van der Waals surface area contributed by atoms with Gasteiger partial charge in [-0.05, 0) is 12.8 Å². The van der Waals surface area contributed by atoms with Crippen LogP contribution in [-0.4, -0.2) is 32.8 Å². The summed E-state index contributed by atoms with van der Waals surface area (Å²) in [4.78, 5) is 11.8. The first-order valence-corrected chi connectivity index (χ1v) is 6.86. The van der Waals surface area contributed by atoms with Crippen molar-refractivity contribution in [2.45, 2.75) is 31.7 Å². The zero-order valence-corrected chi connectivity index (χ0v) is 12.0. The van der Waals surface area contributed by atoms with E-state index in [9.17, 15) is 4.79 Å². The van der Waals surface area contributed by atoms with Crippen molar-refractivity contribution >= 4 is 5.91 Å². The summed E-state index contributed by atoms with van der Waals surface area (Å²) in [6.45, 7) is 0.00677. The lowest BCUT2D eigenvalue weighted by Gasteiger charge is -2.13. The molecule has 1 N–H and O–H groups in total. The molecule has 1 aliphatic carbocycles. The molecule has 1 aliphatic rings. The Bertz CT molecular complexity index is 433. The van der Waals surface area contributed by atoms with Gasteiger partial charge < -0.3 is 19.5 Å². The van der Waals surface area contributed by atoms with Crippen molar-refractivity contribution in [1.82, 2.24) is 5.32 Å². The molecule has 1 aromatic rings. The van der Waals surface area contributed by atoms with Crippen LogP contribution in [0.25, 0.3) is 0 Å². The van der Waals surface area contributed by atoms with Gasteiger partial charge in [-0.2, -0.15) is 0 Å². The molecule has 1 saturated carbocycles. The molecule has 0 radical (unpaired) electrons. The van der Waals surface area contributed by atoms with Crippen LogP contribution in [0.5, 0.6) is 17.2 Å². The average Bonchev–Trinajstić information content (AvgIpc) is 2.97. The van der Waals surface area contributed by atoms with Crippen molar-refractivity contribution in [3.8, 4) is 17.2 Å². The topological polar surface area (TPSA) is 56.8 Å². The molecule has 0 atom stereocenters. The standard InChI is InChI=1S/C15H21NO4/c1-18-12-7-13(19-2)9-14(8-12)20-10-15(17)16-11-5-3-4-6-11/h7-9,11H,3-6,10H2,1-2H3,(H,16,17). The van der Waals surface area contributed by atoms with Crippen LogP contribution in [-0.2, 0) is 4.79 Å². The van der Waals surface area contributed by atoms with E-state index in [1.165, 1.54) is 12.8 Å². The first-order chi connectivity index (χ1) is 9.71. The number of hydrogen-bond acceptors (Lipinski definition) is 4. The first kappa shape index (κ1) is 14.5. The molecule has 0 unspecified atom stereocenters. The third-order valence-corrected chi connectivity index (χ3v) is 3.42. The van der Waals surface area contributed by atoms with Gasteiger partial charge in [-0.25, -0.2) is 0 Å². The van der Waals surface area contributed by atoms with Gasteiger partial charge in [0.1, 0.15) is 17.2 Å². The van der Waals surface area contributed by atoms with Gasteiger partial charge in [0.05, 0.1) is 14.2 Å². The lowest BCUT2D eigenvalue weighted by molar-refractivity contribution is -0.123. The molecule has 1 amide bonds. The number of nitrogens with one attached hydrogen (secondary N) is 1. The van der Waals surface area contributed by atoms with Crippen LogP contribution in [0.15, 0.2) is 18.2 Å². The van der Waals surface area contributed by atoms with Gasteiger partial charge in [0.15, 0.2) is 6.61 Å². The highest BCUT2D eigenvalue weighted by atomic mass is 16.5. The van der Waals surface area contributed by atoms with Gasteiger partial charge in [0, 0.05) is 24.2 Å². The minimum atomic E-state index is -0.0845. The monoisotopic (exact) mass is 279 g/mol. The van der Waals surface area contributed by atoms with Crippen molar-refractivity contribution in [3.05, 3.63) is 18.2 Å². The van der Waals surface area contributed by atoms with Gasteiger partial charge in [-0.15, -0.1) is 0 Å². The zero-order valence-electron chi connectivity index (χ0n) is 12.0. The van der Waals surface area contributed by atoms with Gasteiger partial charge in [-0.3, -0.25) is 4.79 Å². The number of ether oxygens (including phenoxy) is 3. The second kappa shape index (κ2) is 7.03. The maximum absolute atomic E-state index is 11.8. The van der Waals surface area contributed by atoms with E-state index in [4.69, 9.17) is 14.2 Å². The summed E-state index contributed by atoms with van der Waals surface area (Å²) in [5, 5.41) is 2.98. The van der Waals surface area contributed by atoms with E-state index < -0.39 is 0 Å². The van der Waals surface area contributed by atoms with Crippen LogP contribution < -0.4 is 19.5 Å². The Morgan fingerprint density at radius 2 is 1.65 bits per heavy atom. The highest BCUT2D eigenvalue weighted by Crippen LogP contribution is 2.27. The largest absolute Gasteiger partial charge is 0.496 e. The molecule has 0 spiro atoms. The fourth-order valence-electron chi connectivity index (χ4n) is 2.35. The van der Waals surface area contributed by atoms with Crippen molar-refractivity contribution in [1.29, 1.82) is 0 Å². The van der Waals surface area contributed by atoms with E-state index >= 15 is 0 Å². The molecule has 1 fully saturated rings. The van der Waals surface area contributed by atoms with E-state index in [-0.39, 0.29) is 12.5 Å². The zero-order chi connectivity index (χ0) is 14.4. The molecular weight excluding hydrogens is 258 g/mol. The Labute approximate surface area is 119 Å². The summed E-state index contributed by atoms with van der Waals surface area (Å²) in [5.41, 5.74) is 0. The van der Waals surface area contributed by atoms with Gasteiger partial charge in [-0.1, -0.05) is 12.8 Å². The Balaban J connectivity index is 1.87. The first-order valence-electron chi connectivity index (χ1n) is 6.86. The molecule has 2 rings (SSSR count). The third kappa shape index (κ3) is 4.05. The molecule has 0 bridgehead atoms. The summed E-state index contributed by atoms with van der Waals surface area (Å²) < 4.78 is 15.8. The maximum atomic E-state index is 11.8. The predicted octanol–water partition coefficient (Wildman–Crippen LogP) is 2.14. The van der Waals surface area contributed by atoms with Crippen LogP contribution in [0.2, 0.25) is 0 Å². The lowest BCUT2D eigenvalue weighted by atomic mass is 10.2. The van der Waals surface area contributed by atoms with Crippen molar-refractivity contribution < 1.29 is 19.0 Å². The smallest absolute Gasteiger partial charge is 0.258 e. The number of hydrogen-bond donors (Lipinski definition) is 1. The van der Waals surface area contributed by atoms with E-state index in [0.717, 1.165) is 12.8 Å². The Morgan fingerprint density at radius 3 is 2.20 bits per heavy atom. The number of amides is 1. The summed E-state index contributed by atoms with van der Waals surface area (Å²) in [5.74, 6) is 1.74. The minimum absolute atomic E-state index is 0.00677. The van der Waals surface area contributed by atoms with Crippen LogP contribution in [0.3, 0.4) is 0 Å². The fraction of sp³-hybridized carbons (Fsp3) is 0.533. The van der Waals surface area contributed by atoms with E-state index in [2.05, 4.69) is 5.32 Å². The maximum Gasteiger partial charge on any atom is 0.258 e. The van der Waals surface area contributed by atoms with Crippen molar-refractivity contribution in [3.63, 3.8) is 0 Å². The minimum Gasteiger partial charge on any atom is -0.496 e. The number of rotatable bonds is 6.